The smallest absolute Gasteiger partial charge is 0.279 e. The molecular formula is C9H11N5OS. The first-order valence-corrected chi connectivity index (χ1v) is 6.02. The van der Waals surface area contributed by atoms with E-state index in [2.05, 4.69) is 19.7 Å². The Morgan fingerprint density at radius 3 is 2.88 bits per heavy atom. The molecule has 0 aromatic carbocycles. The predicted molar refractivity (Wildman–Crippen MR) is 57.5 cm³/mol. The van der Waals surface area contributed by atoms with Crippen molar-refractivity contribution in [2.45, 2.75) is 31.2 Å². The summed E-state index contributed by atoms with van der Waals surface area (Å²) in [4.78, 5) is 4.31. The standard InChI is InChI=1S/C9H11N5OS/c10-9(3-1-2-4-9)8-11-7(15-13-8)6-5-16-14-12-6/h5H,1-4,10H2. The molecule has 0 unspecified atom stereocenters. The molecule has 7 heteroatoms. The zero-order chi connectivity index (χ0) is 11.0. The summed E-state index contributed by atoms with van der Waals surface area (Å²) in [6, 6.07) is 0. The minimum Gasteiger partial charge on any atom is -0.332 e. The number of rotatable bonds is 2. The highest BCUT2D eigenvalue weighted by Gasteiger charge is 2.36. The van der Waals surface area contributed by atoms with Gasteiger partial charge < -0.3 is 10.3 Å². The van der Waals surface area contributed by atoms with Gasteiger partial charge in [0.15, 0.2) is 11.5 Å². The molecule has 0 spiro atoms. The molecule has 0 radical (unpaired) electrons. The SMILES string of the molecule is NC1(c2noc(-c3csnn3)n2)CCCC1. The first-order chi connectivity index (χ1) is 7.78. The van der Waals surface area contributed by atoms with E-state index < -0.39 is 5.54 Å². The van der Waals surface area contributed by atoms with Gasteiger partial charge >= 0.3 is 0 Å². The van der Waals surface area contributed by atoms with E-state index in [0.717, 1.165) is 25.7 Å². The molecule has 1 saturated carbocycles. The molecule has 1 aliphatic carbocycles. The summed E-state index contributed by atoms with van der Waals surface area (Å²) in [5, 5.41) is 9.61. The summed E-state index contributed by atoms with van der Waals surface area (Å²) in [6.45, 7) is 0. The molecule has 1 aliphatic rings. The fraction of sp³-hybridized carbons (Fsp3) is 0.556. The van der Waals surface area contributed by atoms with Gasteiger partial charge in [0.05, 0.1) is 5.54 Å². The predicted octanol–water partition coefficient (Wildman–Crippen LogP) is 1.32. The van der Waals surface area contributed by atoms with Crippen LogP contribution in [0.25, 0.3) is 11.6 Å². The van der Waals surface area contributed by atoms with E-state index in [1.807, 2.05) is 0 Å². The Balaban J connectivity index is 1.93. The molecule has 6 nitrogen and oxygen atoms in total. The van der Waals surface area contributed by atoms with E-state index in [1.54, 1.807) is 5.38 Å². The lowest BCUT2D eigenvalue weighted by Crippen LogP contribution is -2.34. The molecule has 2 heterocycles. The van der Waals surface area contributed by atoms with Gasteiger partial charge in [0.2, 0.25) is 0 Å². The van der Waals surface area contributed by atoms with Crippen LogP contribution in [0.5, 0.6) is 0 Å². The third-order valence-corrected chi connectivity index (χ3v) is 3.45. The number of hydrogen-bond acceptors (Lipinski definition) is 7. The van der Waals surface area contributed by atoms with Crippen LogP contribution in [0.4, 0.5) is 0 Å². The van der Waals surface area contributed by atoms with E-state index in [1.165, 1.54) is 11.5 Å². The van der Waals surface area contributed by atoms with Crippen molar-refractivity contribution in [3.63, 3.8) is 0 Å². The van der Waals surface area contributed by atoms with Crippen LogP contribution >= 0.6 is 11.5 Å². The fourth-order valence-electron chi connectivity index (χ4n) is 2.02. The van der Waals surface area contributed by atoms with Gasteiger partial charge in [0.25, 0.3) is 5.89 Å². The van der Waals surface area contributed by atoms with Crippen molar-refractivity contribution < 1.29 is 4.52 Å². The molecule has 3 rings (SSSR count). The van der Waals surface area contributed by atoms with Crippen LogP contribution in [0.1, 0.15) is 31.5 Å². The third-order valence-electron chi connectivity index (χ3n) is 2.95. The van der Waals surface area contributed by atoms with E-state index in [0.29, 0.717) is 17.4 Å². The highest BCUT2D eigenvalue weighted by molar-refractivity contribution is 7.03. The van der Waals surface area contributed by atoms with Crippen LogP contribution in [-0.2, 0) is 5.54 Å². The highest BCUT2D eigenvalue weighted by Crippen LogP contribution is 2.35. The lowest BCUT2D eigenvalue weighted by Gasteiger charge is -2.17. The second-order valence-electron chi connectivity index (χ2n) is 4.08. The number of nitrogens with two attached hydrogens (primary N) is 1. The molecule has 0 saturated heterocycles. The van der Waals surface area contributed by atoms with Gasteiger partial charge in [-0.15, -0.1) is 5.10 Å². The molecule has 84 valence electrons. The third kappa shape index (κ3) is 1.52. The van der Waals surface area contributed by atoms with Crippen LogP contribution < -0.4 is 5.73 Å². The van der Waals surface area contributed by atoms with E-state index in [4.69, 9.17) is 10.3 Å². The second-order valence-corrected chi connectivity index (χ2v) is 4.69. The van der Waals surface area contributed by atoms with Gasteiger partial charge in [-0.3, -0.25) is 0 Å². The zero-order valence-corrected chi connectivity index (χ0v) is 9.40. The maximum Gasteiger partial charge on any atom is 0.279 e. The largest absolute Gasteiger partial charge is 0.332 e. The molecule has 2 aromatic rings. The first kappa shape index (κ1) is 9.86. The summed E-state index contributed by atoms with van der Waals surface area (Å²) >= 11 is 1.25. The highest BCUT2D eigenvalue weighted by atomic mass is 32.1. The van der Waals surface area contributed by atoms with Crippen molar-refractivity contribution in [3.05, 3.63) is 11.2 Å². The lowest BCUT2D eigenvalue weighted by atomic mass is 9.99. The second kappa shape index (κ2) is 3.60. The van der Waals surface area contributed by atoms with Crippen LogP contribution in [-0.4, -0.2) is 19.7 Å². The Morgan fingerprint density at radius 2 is 2.19 bits per heavy atom. The molecular weight excluding hydrogens is 226 g/mol. The molecule has 16 heavy (non-hydrogen) atoms. The van der Waals surface area contributed by atoms with Gasteiger partial charge in [-0.05, 0) is 24.4 Å². The van der Waals surface area contributed by atoms with Crippen molar-refractivity contribution in [2.24, 2.45) is 5.73 Å². The van der Waals surface area contributed by atoms with Crippen molar-refractivity contribution in [1.82, 2.24) is 19.7 Å². The summed E-state index contributed by atoms with van der Waals surface area (Å²) in [7, 11) is 0. The van der Waals surface area contributed by atoms with Crippen molar-refractivity contribution in [2.75, 3.05) is 0 Å². The molecule has 2 N–H and O–H groups in total. The van der Waals surface area contributed by atoms with Gasteiger partial charge in [-0.25, -0.2) is 0 Å². The Hall–Kier alpha value is -1.34. The topological polar surface area (TPSA) is 90.7 Å². The minimum absolute atomic E-state index is 0.403. The maximum absolute atomic E-state index is 6.23. The summed E-state index contributed by atoms with van der Waals surface area (Å²) < 4.78 is 8.90. The first-order valence-electron chi connectivity index (χ1n) is 5.18. The molecule has 0 bridgehead atoms. The number of nitrogens with zero attached hydrogens (tertiary/aromatic N) is 4. The minimum atomic E-state index is -0.412. The Kier molecular flexibility index (Phi) is 2.22. The Bertz CT molecular complexity index is 474. The van der Waals surface area contributed by atoms with Gasteiger partial charge in [0, 0.05) is 5.38 Å². The zero-order valence-electron chi connectivity index (χ0n) is 8.59. The summed E-state index contributed by atoms with van der Waals surface area (Å²) in [5.41, 5.74) is 6.43. The molecule has 1 fully saturated rings. The van der Waals surface area contributed by atoms with Crippen LogP contribution in [0, 0.1) is 0 Å². The number of hydrogen-bond donors (Lipinski definition) is 1. The van der Waals surface area contributed by atoms with Crippen LogP contribution in [0.2, 0.25) is 0 Å². The molecule has 0 atom stereocenters. The van der Waals surface area contributed by atoms with Crippen LogP contribution in [0.3, 0.4) is 0 Å². The summed E-state index contributed by atoms with van der Waals surface area (Å²) in [6.07, 6.45) is 4.08. The van der Waals surface area contributed by atoms with Crippen molar-refractivity contribution >= 4 is 11.5 Å². The van der Waals surface area contributed by atoms with Crippen molar-refractivity contribution in [3.8, 4) is 11.6 Å². The monoisotopic (exact) mass is 237 g/mol. The van der Waals surface area contributed by atoms with E-state index in [-0.39, 0.29) is 0 Å². The summed E-state index contributed by atoms with van der Waals surface area (Å²) in [5.74, 6) is 0.994. The average molecular weight is 237 g/mol. The molecule has 0 amide bonds. The quantitative estimate of drug-likeness (QED) is 0.847. The van der Waals surface area contributed by atoms with Gasteiger partial charge in [-0.1, -0.05) is 22.5 Å². The maximum atomic E-state index is 6.23. The van der Waals surface area contributed by atoms with Gasteiger partial charge in [0.1, 0.15) is 0 Å². The average Bonchev–Trinajstić information content (AvgIpc) is 2.98. The van der Waals surface area contributed by atoms with E-state index in [9.17, 15) is 0 Å². The molecule has 2 aromatic heterocycles. The van der Waals surface area contributed by atoms with E-state index >= 15 is 0 Å². The Labute approximate surface area is 96.0 Å². The fourth-order valence-corrected chi connectivity index (χ4v) is 2.45. The van der Waals surface area contributed by atoms with Crippen molar-refractivity contribution in [1.29, 1.82) is 0 Å². The lowest BCUT2D eigenvalue weighted by molar-refractivity contribution is 0.372. The van der Waals surface area contributed by atoms with Crippen LogP contribution in [0.15, 0.2) is 9.90 Å². The van der Waals surface area contributed by atoms with Gasteiger partial charge in [-0.2, -0.15) is 4.98 Å². The molecule has 0 aliphatic heterocycles. The number of aromatic nitrogens is 4. The Morgan fingerprint density at radius 1 is 1.38 bits per heavy atom. The normalized spacial score (nSPS) is 19.1.